The van der Waals surface area contributed by atoms with Crippen molar-refractivity contribution in [2.75, 3.05) is 33.5 Å². The molecule has 15 heteroatoms. The first-order valence-electron chi connectivity index (χ1n) is 9.17. The van der Waals surface area contributed by atoms with E-state index in [9.17, 15) is 26.3 Å². The van der Waals surface area contributed by atoms with Gasteiger partial charge in [-0.1, -0.05) is 0 Å². The van der Waals surface area contributed by atoms with E-state index in [2.05, 4.69) is 20.7 Å². The largest absolute Gasteiger partial charge is 0.490 e. The number of fused-ring (bicyclic) bond motifs is 1. The van der Waals surface area contributed by atoms with Crippen molar-refractivity contribution in [2.45, 2.75) is 37.9 Å². The normalized spacial score (nSPS) is 21.3. The van der Waals surface area contributed by atoms with Gasteiger partial charge in [0.05, 0.1) is 18.9 Å². The van der Waals surface area contributed by atoms with Crippen molar-refractivity contribution in [3.8, 4) is 0 Å². The number of carboxylic acids is 2. The van der Waals surface area contributed by atoms with Crippen molar-refractivity contribution in [1.29, 1.82) is 0 Å². The maximum Gasteiger partial charge on any atom is 0.490 e. The van der Waals surface area contributed by atoms with Gasteiger partial charge in [0.25, 0.3) is 0 Å². The maximum atomic E-state index is 10.6. The monoisotopic (exact) mass is 479 g/mol. The van der Waals surface area contributed by atoms with Gasteiger partial charge in [-0.3, -0.25) is 9.58 Å². The summed E-state index contributed by atoms with van der Waals surface area (Å²) in [6, 6.07) is 2.68. The molecule has 1 aromatic rings. The summed E-state index contributed by atoms with van der Waals surface area (Å²) in [5.74, 6) is -5.00. The fourth-order valence-electron chi connectivity index (χ4n) is 2.99. The topological polar surface area (TPSA) is 114 Å². The number of halogens is 6. The number of hydrogen-bond donors (Lipinski definition) is 2. The zero-order valence-corrected chi connectivity index (χ0v) is 16.9. The van der Waals surface area contributed by atoms with Gasteiger partial charge in [0.15, 0.2) is 0 Å². The number of carboxylic acid groups (broad SMARTS) is 2. The lowest BCUT2D eigenvalue weighted by Crippen LogP contribution is -2.38. The van der Waals surface area contributed by atoms with Gasteiger partial charge >= 0.3 is 24.3 Å². The summed E-state index contributed by atoms with van der Waals surface area (Å²) >= 11 is 0. The Morgan fingerprint density at radius 2 is 1.72 bits per heavy atom. The molecule has 0 spiro atoms. The van der Waals surface area contributed by atoms with E-state index in [1.807, 2.05) is 6.20 Å². The van der Waals surface area contributed by atoms with Gasteiger partial charge < -0.3 is 19.7 Å². The number of methoxy groups -OCH3 is 1. The predicted molar refractivity (Wildman–Crippen MR) is 94.6 cm³/mol. The summed E-state index contributed by atoms with van der Waals surface area (Å²) < 4.78 is 76.5. The highest BCUT2D eigenvalue weighted by Gasteiger charge is 2.38. The van der Waals surface area contributed by atoms with Crippen molar-refractivity contribution < 1.29 is 55.6 Å². The average molecular weight is 479 g/mol. The molecule has 9 nitrogen and oxygen atoms in total. The van der Waals surface area contributed by atoms with Crippen LogP contribution >= 0.6 is 0 Å². The maximum absolute atomic E-state index is 10.6. The summed E-state index contributed by atoms with van der Waals surface area (Å²) in [6.07, 6.45) is -7.12. The standard InChI is InChI=1S/C13H21N3O2.2C2HF3O2/c1-17-9-11-6-15(13-3-5-18-10-13)8-12-2-4-14-16(12)7-11;2*3-2(4,5)1(6)7/h2,4,11,13H,3,5-10H2,1H3;2*(H,6,7). The molecule has 184 valence electrons. The predicted octanol–water partition coefficient (Wildman–Crippen LogP) is 2.02. The number of aromatic nitrogens is 2. The van der Waals surface area contributed by atoms with Crippen LogP contribution < -0.4 is 0 Å². The van der Waals surface area contributed by atoms with E-state index < -0.39 is 24.3 Å². The van der Waals surface area contributed by atoms with Crippen molar-refractivity contribution in [2.24, 2.45) is 5.92 Å². The molecule has 1 aromatic heterocycles. The van der Waals surface area contributed by atoms with Crippen molar-refractivity contribution >= 4 is 11.9 Å². The van der Waals surface area contributed by atoms with Crippen LogP contribution in [0.2, 0.25) is 0 Å². The molecule has 32 heavy (non-hydrogen) atoms. The third-order valence-electron chi connectivity index (χ3n) is 4.40. The van der Waals surface area contributed by atoms with E-state index >= 15 is 0 Å². The van der Waals surface area contributed by atoms with Crippen LogP contribution in [0.3, 0.4) is 0 Å². The lowest BCUT2D eigenvalue weighted by molar-refractivity contribution is -0.193. The second kappa shape index (κ2) is 12.0. The third-order valence-corrected chi connectivity index (χ3v) is 4.40. The van der Waals surface area contributed by atoms with Crippen LogP contribution in [0.4, 0.5) is 26.3 Å². The van der Waals surface area contributed by atoms with E-state index in [0.717, 1.165) is 45.9 Å². The quantitative estimate of drug-likeness (QED) is 0.634. The molecule has 0 bridgehead atoms. The summed E-state index contributed by atoms with van der Waals surface area (Å²) in [4.78, 5) is 20.3. The van der Waals surface area contributed by atoms with E-state index in [4.69, 9.17) is 29.3 Å². The van der Waals surface area contributed by atoms with Crippen LogP contribution in [0.15, 0.2) is 12.3 Å². The Hall–Kier alpha value is -2.39. The Bertz CT molecular complexity index is 709. The Morgan fingerprint density at radius 3 is 2.16 bits per heavy atom. The summed E-state index contributed by atoms with van der Waals surface area (Å²) in [5.41, 5.74) is 1.31. The number of ether oxygens (including phenoxy) is 2. The highest BCUT2D eigenvalue weighted by Crippen LogP contribution is 2.22. The minimum Gasteiger partial charge on any atom is -0.475 e. The molecule has 1 saturated heterocycles. The lowest BCUT2D eigenvalue weighted by Gasteiger charge is -2.28. The summed E-state index contributed by atoms with van der Waals surface area (Å²) in [6.45, 7) is 5.58. The fourth-order valence-corrected chi connectivity index (χ4v) is 2.99. The van der Waals surface area contributed by atoms with Crippen LogP contribution in [0, 0.1) is 5.92 Å². The number of rotatable bonds is 3. The fraction of sp³-hybridized carbons (Fsp3) is 0.706. The molecule has 3 rings (SSSR count). The molecule has 2 atom stereocenters. The number of carbonyl (C=O) groups is 2. The molecule has 0 aliphatic carbocycles. The Labute approximate surface area is 178 Å². The molecule has 2 aliphatic rings. The van der Waals surface area contributed by atoms with E-state index in [1.165, 1.54) is 5.69 Å². The van der Waals surface area contributed by atoms with E-state index in [0.29, 0.717) is 12.0 Å². The molecule has 2 unspecified atom stereocenters. The Balaban J connectivity index is 0.000000305. The van der Waals surface area contributed by atoms with Gasteiger partial charge in [0.2, 0.25) is 0 Å². The summed E-state index contributed by atoms with van der Waals surface area (Å²) in [5, 5.41) is 18.7. The van der Waals surface area contributed by atoms with Crippen molar-refractivity contribution in [3.63, 3.8) is 0 Å². The molecule has 1 fully saturated rings. The second-order valence-corrected chi connectivity index (χ2v) is 6.88. The number of hydrogen-bond acceptors (Lipinski definition) is 6. The minimum absolute atomic E-state index is 0.511. The van der Waals surface area contributed by atoms with Crippen LogP contribution in [0.25, 0.3) is 0 Å². The van der Waals surface area contributed by atoms with Gasteiger partial charge in [-0.2, -0.15) is 31.4 Å². The molecule has 0 aromatic carbocycles. The van der Waals surface area contributed by atoms with Gasteiger partial charge in [0, 0.05) is 51.5 Å². The van der Waals surface area contributed by atoms with Crippen LogP contribution in [-0.4, -0.2) is 88.7 Å². The highest BCUT2D eigenvalue weighted by molar-refractivity contribution is 5.73. The van der Waals surface area contributed by atoms with Gasteiger partial charge in [-0.25, -0.2) is 9.59 Å². The zero-order chi connectivity index (χ0) is 24.5. The third kappa shape index (κ3) is 9.40. The molecular weight excluding hydrogens is 456 g/mol. The molecule has 0 saturated carbocycles. The number of nitrogens with zero attached hydrogens (tertiary/aromatic N) is 3. The first-order valence-corrected chi connectivity index (χ1v) is 9.17. The van der Waals surface area contributed by atoms with E-state index in [1.54, 1.807) is 7.11 Å². The molecule has 0 amide bonds. The Morgan fingerprint density at radius 1 is 1.16 bits per heavy atom. The highest BCUT2D eigenvalue weighted by atomic mass is 19.4. The van der Waals surface area contributed by atoms with Crippen LogP contribution in [-0.2, 0) is 32.2 Å². The smallest absolute Gasteiger partial charge is 0.475 e. The number of aliphatic carboxylic acids is 2. The SMILES string of the molecule is COCC1CN(C2CCOC2)Cc2ccnn2C1.O=C(O)C(F)(F)F.O=C(O)C(F)(F)F. The molecule has 2 aliphatic heterocycles. The van der Waals surface area contributed by atoms with Crippen molar-refractivity contribution in [1.82, 2.24) is 14.7 Å². The molecule has 3 heterocycles. The molecule has 2 N–H and O–H groups in total. The van der Waals surface area contributed by atoms with Gasteiger partial charge in [0.1, 0.15) is 0 Å². The number of alkyl halides is 6. The molecular formula is C17H23F6N3O6. The summed E-state index contributed by atoms with van der Waals surface area (Å²) in [7, 11) is 1.78. The zero-order valence-electron chi connectivity index (χ0n) is 16.9. The van der Waals surface area contributed by atoms with Gasteiger partial charge in [-0.05, 0) is 12.5 Å². The first kappa shape index (κ1) is 27.6. The molecule has 0 radical (unpaired) electrons. The van der Waals surface area contributed by atoms with Crippen molar-refractivity contribution in [3.05, 3.63) is 18.0 Å². The minimum atomic E-state index is -5.08. The van der Waals surface area contributed by atoms with Crippen LogP contribution in [0.5, 0.6) is 0 Å². The Kier molecular flexibility index (Phi) is 10.4. The lowest BCUT2D eigenvalue weighted by atomic mass is 10.1. The van der Waals surface area contributed by atoms with Gasteiger partial charge in [-0.15, -0.1) is 0 Å². The second-order valence-electron chi connectivity index (χ2n) is 6.88. The van der Waals surface area contributed by atoms with Crippen LogP contribution in [0.1, 0.15) is 12.1 Å². The van der Waals surface area contributed by atoms with E-state index in [-0.39, 0.29) is 0 Å². The average Bonchev–Trinajstić information content (AvgIpc) is 3.31. The first-order chi connectivity index (χ1) is 14.8.